The van der Waals surface area contributed by atoms with Crippen LogP contribution in [0.5, 0.6) is 0 Å². The normalized spacial score (nSPS) is 38.6. The minimum atomic E-state index is -0.915. The van der Waals surface area contributed by atoms with E-state index in [0.717, 1.165) is 0 Å². The van der Waals surface area contributed by atoms with Crippen molar-refractivity contribution < 1.29 is 28.6 Å². The first kappa shape index (κ1) is 19.2. The SMILES string of the molecule is CC(=O)O[C@@H]1c2c(cc(=O)oc2C(C)C)[C@@]2(C)C[C@@H](O)C[C@]3(C)C(=O)O[C@H]1[C@@H]32. The van der Waals surface area contributed by atoms with Gasteiger partial charge >= 0.3 is 17.6 Å². The van der Waals surface area contributed by atoms with Crippen molar-refractivity contribution in [2.45, 2.75) is 77.1 Å². The second-order valence-corrected chi connectivity index (χ2v) is 9.19. The molecular formula is C21H26O7. The molecule has 0 unspecified atom stereocenters. The van der Waals surface area contributed by atoms with Crippen molar-refractivity contribution in [1.82, 2.24) is 0 Å². The molecule has 28 heavy (non-hydrogen) atoms. The second-order valence-electron chi connectivity index (χ2n) is 9.19. The van der Waals surface area contributed by atoms with E-state index in [-0.39, 0.29) is 18.3 Å². The highest BCUT2D eigenvalue weighted by molar-refractivity contribution is 5.81. The maximum atomic E-state index is 12.9. The van der Waals surface area contributed by atoms with Gasteiger partial charge in [0.05, 0.1) is 11.5 Å². The lowest BCUT2D eigenvalue weighted by Gasteiger charge is -2.53. The summed E-state index contributed by atoms with van der Waals surface area (Å²) >= 11 is 0. The zero-order chi connectivity index (χ0) is 20.6. The number of esters is 2. The fourth-order valence-electron chi connectivity index (χ4n) is 5.97. The van der Waals surface area contributed by atoms with E-state index in [1.165, 1.54) is 13.0 Å². The third kappa shape index (κ3) is 2.41. The van der Waals surface area contributed by atoms with Crippen molar-refractivity contribution >= 4 is 11.9 Å². The molecule has 0 aromatic carbocycles. The number of aliphatic hydroxyl groups excluding tert-OH is 1. The lowest BCUT2D eigenvalue weighted by molar-refractivity contribution is -0.164. The van der Waals surface area contributed by atoms with Crippen LogP contribution >= 0.6 is 0 Å². The first-order chi connectivity index (χ1) is 13.0. The molecule has 0 amide bonds. The number of carbonyl (C=O) groups excluding carboxylic acids is 2. The van der Waals surface area contributed by atoms with E-state index in [9.17, 15) is 19.5 Å². The summed E-state index contributed by atoms with van der Waals surface area (Å²) in [5.74, 6) is -0.936. The molecule has 2 fully saturated rings. The van der Waals surface area contributed by atoms with Crippen LogP contribution in [0.4, 0.5) is 0 Å². The van der Waals surface area contributed by atoms with Gasteiger partial charge in [0.2, 0.25) is 0 Å². The number of hydrogen-bond donors (Lipinski definition) is 1. The molecule has 2 heterocycles. The van der Waals surface area contributed by atoms with Crippen LogP contribution in [0.15, 0.2) is 15.3 Å². The Labute approximate surface area is 163 Å². The van der Waals surface area contributed by atoms with Gasteiger partial charge in [0.1, 0.15) is 11.9 Å². The van der Waals surface area contributed by atoms with E-state index in [0.29, 0.717) is 23.3 Å². The van der Waals surface area contributed by atoms with Gasteiger partial charge in [-0.15, -0.1) is 0 Å². The fourth-order valence-corrected chi connectivity index (χ4v) is 5.97. The molecule has 7 nitrogen and oxygen atoms in total. The predicted octanol–water partition coefficient (Wildman–Crippen LogP) is 2.34. The Morgan fingerprint density at radius 2 is 1.89 bits per heavy atom. The zero-order valence-corrected chi connectivity index (χ0v) is 16.8. The molecule has 1 saturated carbocycles. The Hall–Kier alpha value is -2.15. The molecule has 7 heteroatoms. The molecule has 4 rings (SSSR count). The molecule has 0 radical (unpaired) electrons. The van der Waals surface area contributed by atoms with Crippen LogP contribution in [0, 0.1) is 11.3 Å². The predicted molar refractivity (Wildman–Crippen MR) is 97.6 cm³/mol. The van der Waals surface area contributed by atoms with E-state index in [1.807, 2.05) is 20.8 Å². The summed E-state index contributed by atoms with van der Waals surface area (Å²) in [5, 5.41) is 10.6. The molecular weight excluding hydrogens is 364 g/mol. The number of rotatable bonds is 2. The van der Waals surface area contributed by atoms with Crippen molar-refractivity contribution in [1.29, 1.82) is 0 Å². The average Bonchev–Trinajstić information content (AvgIpc) is 2.82. The molecule has 1 aromatic rings. The second kappa shape index (κ2) is 5.92. The van der Waals surface area contributed by atoms with E-state index in [4.69, 9.17) is 13.9 Å². The van der Waals surface area contributed by atoms with Gasteiger partial charge in [-0.05, 0) is 25.3 Å². The molecule has 1 N–H and O–H groups in total. The van der Waals surface area contributed by atoms with Gasteiger partial charge in [-0.2, -0.15) is 0 Å². The third-order valence-electron chi connectivity index (χ3n) is 6.77. The van der Waals surface area contributed by atoms with Crippen LogP contribution in [0.2, 0.25) is 0 Å². The van der Waals surface area contributed by atoms with E-state index in [1.54, 1.807) is 6.92 Å². The Kier molecular flexibility index (Phi) is 4.06. The van der Waals surface area contributed by atoms with Crippen molar-refractivity contribution in [3.05, 3.63) is 33.4 Å². The highest BCUT2D eigenvalue weighted by Crippen LogP contribution is 2.64. The summed E-state index contributed by atoms with van der Waals surface area (Å²) < 4.78 is 16.9. The highest BCUT2D eigenvalue weighted by Gasteiger charge is 2.69. The van der Waals surface area contributed by atoms with Crippen LogP contribution < -0.4 is 5.63 Å². The minimum Gasteiger partial charge on any atom is -0.457 e. The molecule has 6 atom stereocenters. The van der Waals surface area contributed by atoms with E-state index >= 15 is 0 Å². The number of carbonyl (C=O) groups is 2. The van der Waals surface area contributed by atoms with Crippen molar-refractivity contribution in [2.75, 3.05) is 0 Å². The molecule has 1 aromatic heterocycles. The topological polar surface area (TPSA) is 103 Å². The quantitative estimate of drug-likeness (QED) is 0.773. The van der Waals surface area contributed by atoms with Crippen LogP contribution in [0.25, 0.3) is 0 Å². The molecule has 0 bridgehead atoms. The van der Waals surface area contributed by atoms with Gasteiger partial charge in [-0.1, -0.05) is 20.8 Å². The molecule has 3 aliphatic rings. The van der Waals surface area contributed by atoms with Crippen LogP contribution in [0.3, 0.4) is 0 Å². The number of ether oxygens (including phenoxy) is 2. The van der Waals surface area contributed by atoms with Crippen LogP contribution in [0.1, 0.15) is 76.4 Å². The Morgan fingerprint density at radius 3 is 2.50 bits per heavy atom. The number of aliphatic hydroxyl groups is 1. The van der Waals surface area contributed by atoms with Crippen molar-refractivity contribution in [3.8, 4) is 0 Å². The summed E-state index contributed by atoms with van der Waals surface area (Å²) in [5.41, 5.74) is -0.811. The van der Waals surface area contributed by atoms with Crippen molar-refractivity contribution in [2.24, 2.45) is 11.3 Å². The molecule has 2 aliphatic carbocycles. The summed E-state index contributed by atoms with van der Waals surface area (Å²) in [7, 11) is 0. The summed E-state index contributed by atoms with van der Waals surface area (Å²) in [6, 6.07) is 1.43. The molecule has 1 saturated heterocycles. The monoisotopic (exact) mass is 390 g/mol. The fraction of sp³-hybridized carbons (Fsp3) is 0.667. The van der Waals surface area contributed by atoms with Gasteiger partial charge < -0.3 is 19.0 Å². The summed E-state index contributed by atoms with van der Waals surface area (Å²) in [6.07, 6.45) is -1.56. The van der Waals surface area contributed by atoms with E-state index in [2.05, 4.69) is 0 Å². The highest BCUT2D eigenvalue weighted by atomic mass is 16.6. The maximum absolute atomic E-state index is 12.9. The first-order valence-corrected chi connectivity index (χ1v) is 9.74. The zero-order valence-electron chi connectivity index (χ0n) is 16.8. The van der Waals surface area contributed by atoms with Gasteiger partial charge in [0, 0.05) is 35.8 Å². The average molecular weight is 390 g/mol. The van der Waals surface area contributed by atoms with Gasteiger partial charge in [0.15, 0.2) is 6.10 Å². The van der Waals surface area contributed by atoms with Gasteiger partial charge in [-0.3, -0.25) is 9.59 Å². The van der Waals surface area contributed by atoms with Gasteiger partial charge in [-0.25, -0.2) is 4.79 Å². The van der Waals surface area contributed by atoms with Gasteiger partial charge in [0.25, 0.3) is 0 Å². The van der Waals surface area contributed by atoms with Crippen LogP contribution in [-0.4, -0.2) is 29.3 Å². The number of fused-ring (bicyclic) bond motifs is 2. The Bertz CT molecular complexity index is 916. The Balaban J connectivity index is 2.06. The smallest absolute Gasteiger partial charge is 0.336 e. The largest absolute Gasteiger partial charge is 0.457 e. The molecule has 1 aliphatic heterocycles. The summed E-state index contributed by atoms with van der Waals surface area (Å²) in [4.78, 5) is 37.2. The standard InChI is InChI=1S/C21H26O7/c1-9(2)15-14-12(6-13(24)27-15)20(4)7-11(23)8-21(5)18(20)17(28-19(21)25)16(14)26-10(3)22/h6,9,11,16-18,23H,7-8H2,1-5H3/t11-,16-,17-,18-,20-,21+/m1/s1. The van der Waals surface area contributed by atoms with Crippen molar-refractivity contribution in [3.63, 3.8) is 0 Å². The lowest BCUT2D eigenvalue weighted by Crippen LogP contribution is -2.57. The van der Waals surface area contributed by atoms with Crippen LogP contribution in [-0.2, 0) is 24.5 Å². The lowest BCUT2D eigenvalue weighted by atomic mass is 9.49. The first-order valence-electron chi connectivity index (χ1n) is 9.74. The Morgan fingerprint density at radius 1 is 1.25 bits per heavy atom. The third-order valence-corrected chi connectivity index (χ3v) is 6.77. The molecule has 152 valence electrons. The van der Waals surface area contributed by atoms with E-state index < -0.39 is 46.7 Å². The molecule has 0 spiro atoms. The minimum absolute atomic E-state index is 0.141. The number of hydrogen-bond acceptors (Lipinski definition) is 7. The maximum Gasteiger partial charge on any atom is 0.336 e. The summed E-state index contributed by atoms with van der Waals surface area (Å²) in [6.45, 7) is 8.84.